The van der Waals surface area contributed by atoms with Gasteiger partial charge in [0.25, 0.3) is 5.91 Å². The van der Waals surface area contributed by atoms with E-state index in [1.54, 1.807) is 7.11 Å². The Kier molecular flexibility index (Phi) is 4.80. The lowest BCUT2D eigenvalue weighted by Gasteiger charge is -2.01. The van der Waals surface area contributed by atoms with Crippen molar-refractivity contribution in [1.82, 2.24) is 5.32 Å². The number of thiophene rings is 1. The molecule has 0 aliphatic rings. The number of rotatable bonds is 3. The van der Waals surface area contributed by atoms with E-state index in [2.05, 4.69) is 17.2 Å². The van der Waals surface area contributed by atoms with Crippen LogP contribution in [0.1, 0.15) is 20.8 Å². The molecule has 3 nitrogen and oxygen atoms in total. The Labute approximate surface area is 122 Å². The van der Waals surface area contributed by atoms with E-state index in [1.165, 1.54) is 11.3 Å². The van der Waals surface area contributed by atoms with Gasteiger partial charge in [-0.15, -0.1) is 11.3 Å². The summed E-state index contributed by atoms with van der Waals surface area (Å²) in [6.45, 7) is 2.28. The zero-order chi connectivity index (χ0) is 14.4. The quantitative estimate of drug-likeness (QED) is 0.881. The number of nitrogens with one attached hydrogen (secondary N) is 1. The number of benzene rings is 1. The van der Waals surface area contributed by atoms with Gasteiger partial charge < -0.3 is 10.1 Å². The predicted octanol–water partition coefficient (Wildman–Crippen LogP) is 2.85. The number of amides is 1. The first-order valence-electron chi connectivity index (χ1n) is 6.16. The highest BCUT2D eigenvalue weighted by molar-refractivity contribution is 7.12. The number of ether oxygens (including phenoxy) is 1. The first-order chi connectivity index (χ1) is 9.70. The lowest BCUT2D eigenvalue weighted by molar-refractivity contribution is 0.0962. The highest BCUT2D eigenvalue weighted by atomic mass is 32.1. The minimum atomic E-state index is -0.0857. The van der Waals surface area contributed by atoms with Crippen LogP contribution in [-0.4, -0.2) is 19.6 Å². The van der Waals surface area contributed by atoms with E-state index in [-0.39, 0.29) is 5.91 Å². The Bertz CT molecular complexity index is 664. The average molecular weight is 285 g/mol. The fourth-order valence-corrected chi connectivity index (χ4v) is 2.46. The molecular formula is C16H15NO2S. The number of para-hydroxylation sites is 1. The summed E-state index contributed by atoms with van der Waals surface area (Å²) in [4.78, 5) is 12.5. The highest BCUT2D eigenvalue weighted by Gasteiger charge is 2.05. The fourth-order valence-electron chi connectivity index (χ4n) is 1.65. The molecular weight excluding hydrogens is 270 g/mol. The molecule has 2 aromatic rings. The third-order valence-corrected chi connectivity index (χ3v) is 3.67. The zero-order valence-electron chi connectivity index (χ0n) is 11.4. The molecule has 0 saturated heterocycles. The second-order valence-corrected chi connectivity index (χ2v) is 5.08. The summed E-state index contributed by atoms with van der Waals surface area (Å²) in [6, 6.07) is 9.41. The van der Waals surface area contributed by atoms with Crippen LogP contribution in [0.3, 0.4) is 0 Å². The molecule has 0 atom stereocenters. The van der Waals surface area contributed by atoms with Crippen LogP contribution < -0.4 is 10.1 Å². The highest BCUT2D eigenvalue weighted by Crippen LogP contribution is 2.15. The number of aryl methyl sites for hydroxylation is 1. The maximum Gasteiger partial charge on any atom is 0.262 e. The van der Waals surface area contributed by atoms with Gasteiger partial charge in [0.05, 0.1) is 24.1 Å². The van der Waals surface area contributed by atoms with Crippen LogP contribution in [0, 0.1) is 18.8 Å². The average Bonchev–Trinajstić information content (AvgIpc) is 2.90. The summed E-state index contributed by atoms with van der Waals surface area (Å²) >= 11 is 1.44. The molecule has 1 heterocycles. The van der Waals surface area contributed by atoms with E-state index in [1.807, 2.05) is 42.6 Å². The SMILES string of the molecule is COc1ccccc1C#CCNC(=O)c1cc(C)cs1. The Balaban J connectivity index is 1.93. The molecule has 0 bridgehead atoms. The smallest absolute Gasteiger partial charge is 0.262 e. The van der Waals surface area contributed by atoms with Crippen molar-refractivity contribution in [2.24, 2.45) is 0 Å². The largest absolute Gasteiger partial charge is 0.495 e. The summed E-state index contributed by atoms with van der Waals surface area (Å²) in [6.07, 6.45) is 0. The summed E-state index contributed by atoms with van der Waals surface area (Å²) in [7, 11) is 1.61. The van der Waals surface area contributed by atoms with Crippen molar-refractivity contribution in [2.45, 2.75) is 6.92 Å². The Morgan fingerprint density at radius 1 is 1.40 bits per heavy atom. The van der Waals surface area contributed by atoms with E-state index in [9.17, 15) is 4.79 Å². The van der Waals surface area contributed by atoms with Gasteiger partial charge in [-0.25, -0.2) is 0 Å². The van der Waals surface area contributed by atoms with Crippen LogP contribution in [0.2, 0.25) is 0 Å². The van der Waals surface area contributed by atoms with Gasteiger partial charge in [0.2, 0.25) is 0 Å². The molecule has 4 heteroatoms. The van der Waals surface area contributed by atoms with Crippen molar-refractivity contribution in [3.63, 3.8) is 0 Å². The molecule has 0 fully saturated rings. The number of carbonyl (C=O) groups excluding carboxylic acids is 1. The molecule has 2 rings (SSSR count). The molecule has 20 heavy (non-hydrogen) atoms. The monoisotopic (exact) mass is 285 g/mol. The Morgan fingerprint density at radius 3 is 2.90 bits per heavy atom. The first kappa shape index (κ1) is 14.2. The molecule has 1 amide bonds. The molecule has 0 radical (unpaired) electrons. The lowest BCUT2D eigenvalue weighted by atomic mass is 10.2. The van der Waals surface area contributed by atoms with Crippen molar-refractivity contribution in [3.05, 3.63) is 51.7 Å². The van der Waals surface area contributed by atoms with Crippen LogP contribution in [-0.2, 0) is 0 Å². The maximum absolute atomic E-state index is 11.8. The van der Waals surface area contributed by atoms with Crippen molar-refractivity contribution in [2.75, 3.05) is 13.7 Å². The number of hydrogen-bond acceptors (Lipinski definition) is 3. The third kappa shape index (κ3) is 3.62. The van der Waals surface area contributed by atoms with Crippen LogP contribution in [0.4, 0.5) is 0 Å². The molecule has 0 unspecified atom stereocenters. The normalized spacial score (nSPS) is 9.50. The zero-order valence-corrected chi connectivity index (χ0v) is 12.2. The standard InChI is InChI=1S/C16H15NO2S/c1-12-10-15(20-11-12)16(18)17-9-5-7-13-6-3-4-8-14(13)19-2/h3-4,6,8,10-11H,9H2,1-2H3,(H,17,18). The van der Waals surface area contributed by atoms with Gasteiger partial charge in [0, 0.05) is 0 Å². The van der Waals surface area contributed by atoms with Gasteiger partial charge >= 0.3 is 0 Å². The van der Waals surface area contributed by atoms with Gasteiger partial charge in [0.15, 0.2) is 0 Å². The van der Waals surface area contributed by atoms with Crippen LogP contribution in [0.5, 0.6) is 5.75 Å². The van der Waals surface area contributed by atoms with Crippen LogP contribution in [0.15, 0.2) is 35.7 Å². The molecule has 0 spiro atoms. The van der Waals surface area contributed by atoms with Gasteiger partial charge in [0.1, 0.15) is 5.75 Å². The summed E-state index contributed by atoms with van der Waals surface area (Å²) < 4.78 is 5.21. The van der Waals surface area contributed by atoms with Crippen molar-refractivity contribution in [3.8, 4) is 17.6 Å². The Morgan fingerprint density at radius 2 is 2.20 bits per heavy atom. The maximum atomic E-state index is 11.8. The third-order valence-electron chi connectivity index (χ3n) is 2.62. The fraction of sp³-hybridized carbons (Fsp3) is 0.188. The minimum absolute atomic E-state index is 0.0857. The molecule has 1 aromatic carbocycles. The number of carbonyl (C=O) groups is 1. The molecule has 0 aliphatic carbocycles. The predicted molar refractivity (Wildman–Crippen MR) is 81.3 cm³/mol. The summed E-state index contributed by atoms with van der Waals surface area (Å²) in [5.41, 5.74) is 1.91. The second-order valence-electron chi connectivity index (χ2n) is 4.17. The van der Waals surface area contributed by atoms with Crippen LogP contribution >= 0.6 is 11.3 Å². The van der Waals surface area contributed by atoms with E-state index in [0.717, 1.165) is 16.9 Å². The van der Waals surface area contributed by atoms with Gasteiger partial charge in [-0.05, 0) is 36.1 Å². The van der Waals surface area contributed by atoms with Crippen LogP contribution in [0.25, 0.3) is 0 Å². The van der Waals surface area contributed by atoms with Crippen molar-refractivity contribution in [1.29, 1.82) is 0 Å². The molecule has 0 saturated carbocycles. The lowest BCUT2D eigenvalue weighted by Crippen LogP contribution is -2.22. The Hall–Kier alpha value is -2.25. The molecule has 1 N–H and O–H groups in total. The summed E-state index contributed by atoms with van der Waals surface area (Å²) in [5.74, 6) is 6.57. The molecule has 1 aromatic heterocycles. The second kappa shape index (κ2) is 6.78. The first-order valence-corrected chi connectivity index (χ1v) is 7.04. The van der Waals surface area contributed by atoms with E-state index < -0.39 is 0 Å². The van der Waals surface area contributed by atoms with Gasteiger partial charge in [-0.3, -0.25) is 4.79 Å². The minimum Gasteiger partial charge on any atom is -0.495 e. The van der Waals surface area contributed by atoms with Gasteiger partial charge in [-0.1, -0.05) is 24.0 Å². The summed E-state index contributed by atoms with van der Waals surface area (Å²) in [5, 5.41) is 4.73. The number of methoxy groups -OCH3 is 1. The van der Waals surface area contributed by atoms with Gasteiger partial charge in [-0.2, -0.15) is 0 Å². The number of hydrogen-bond donors (Lipinski definition) is 1. The van der Waals surface area contributed by atoms with Crippen molar-refractivity contribution >= 4 is 17.2 Å². The van der Waals surface area contributed by atoms with E-state index in [0.29, 0.717) is 11.4 Å². The van der Waals surface area contributed by atoms with E-state index in [4.69, 9.17) is 4.74 Å². The molecule has 102 valence electrons. The molecule has 0 aliphatic heterocycles. The topological polar surface area (TPSA) is 38.3 Å². The van der Waals surface area contributed by atoms with Crippen molar-refractivity contribution < 1.29 is 9.53 Å². The van der Waals surface area contributed by atoms with E-state index >= 15 is 0 Å².